The minimum absolute atomic E-state index is 0.0633. The van der Waals surface area contributed by atoms with Gasteiger partial charge < -0.3 is 29.5 Å². The summed E-state index contributed by atoms with van der Waals surface area (Å²) in [5, 5.41) is 41.6. The van der Waals surface area contributed by atoms with Crippen molar-refractivity contribution >= 4 is 91.0 Å². The summed E-state index contributed by atoms with van der Waals surface area (Å²) in [7, 11) is -3.06. The smallest absolute Gasteiger partial charge is 0.416 e. The molecule has 6 aromatic rings. The number of urea groups is 1. The molecule has 336 valence electrons. The molecule has 0 unspecified atom stereocenters. The Kier molecular flexibility index (Phi) is 16.2. The standard InChI is InChI=1S/C14H7ClF3NO5.C11H8ClNO3.C11H11N5O6S2/c15-10-5-7(14(16,17)18)1-4-12(10)24-8-2-3-11(19(22)23)9(6-8)13(20)21;12-8-3-4-9(16-6-10(14)15)11-7(8)2-1-5-13-11;1-5-12-9(15-11(13-5)22-2)14-10(19)16-24(20,21)6-3-4-23-7(6)8(17)18/h1-6H,(H,20,21);1-5H,6H2,(H,14,15);3-4H,1-2H3,(H,17,18)(H2,12,13,14,15,16,19). The number of sulfonamides is 1. The van der Waals surface area contributed by atoms with Gasteiger partial charge in [-0.05, 0) is 66.9 Å². The van der Waals surface area contributed by atoms with Crippen LogP contribution in [0.4, 0.5) is 29.6 Å². The topological polar surface area (TPSA) is 310 Å². The number of amides is 2. The number of carboxylic acid groups (broad SMARTS) is 3. The molecule has 0 aliphatic rings. The maximum atomic E-state index is 12.6. The molecular weight excluding hydrogens is 946 g/mol. The van der Waals surface area contributed by atoms with Crippen LogP contribution < -0.4 is 24.2 Å². The predicted molar refractivity (Wildman–Crippen MR) is 218 cm³/mol. The number of aryl methyl sites for hydroxylation is 1. The largest absolute Gasteiger partial charge is 0.480 e. The number of ether oxygens (including phenoxy) is 3. The van der Waals surface area contributed by atoms with E-state index in [4.69, 9.17) is 52.7 Å². The number of carbonyl (C=O) groups is 4. The van der Waals surface area contributed by atoms with Gasteiger partial charge in [-0.2, -0.15) is 28.1 Å². The summed E-state index contributed by atoms with van der Waals surface area (Å²) < 4.78 is 78.7. The van der Waals surface area contributed by atoms with E-state index in [9.17, 15) is 50.9 Å². The molecule has 0 bridgehead atoms. The number of aromatic nitrogens is 4. The zero-order valence-electron chi connectivity index (χ0n) is 32.0. The van der Waals surface area contributed by atoms with E-state index >= 15 is 0 Å². The van der Waals surface area contributed by atoms with Crippen LogP contribution in [0.25, 0.3) is 10.9 Å². The zero-order valence-corrected chi connectivity index (χ0v) is 35.1. The van der Waals surface area contributed by atoms with Crippen molar-refractivity contribution < 1.29 is 75.2 Å². The Morgan fingerprint density at radius 2 is 1.62 bits per heavy atom. The van der Waals surface area contributed by atoms with Crippen LogP contribution in [0.15, 0.2) is 83.2 Å². The predicted octanol–water partition coefficient (Wildman–Crippen LogP) is 7.57. The average Bonchev–Trinajstić information content (AvgIpc) is 3.73. The lowest BCUT2D eigenvalue weighted by atomic mass is 10.1. The number of benzene rings is 3. The van der Waals surface area contributed by atoms with Crippen LogP contribution in [-0.2, 0) is 21.0 Å². The van der Waals surface area contributed by atoms with E-state index in [1.54, 1.807) is 35.2 Å². The third-order valence-corrected chi connectivity index (χ3v) is 10.4. The quantitative estimate of drug-likeness (QED) is 0.0583. The van der Waals surface area contributed by atoms with Crippen molar-refractivity contribution in [2.45, 2.75) is 18.0 Å². The highest BCUT2D eigenvalue weighted by molar-refractivity contribution is 7.90. The number of nitro groups is 1. The van der Waals surface area contributed by atoms with Crippen LogP contribution in [0.2, 0.25) is 10.0 Å². The first-order chi connectivity index (χ1) is 30.0. The number of anilines is 1. The van der Waals surface area contributed by atoms with E-state index in [1.807, 2.05) is 0 Å². The fourth-order valence-electron chi connectivity index (χ4n) is 4.74. The minimum atomic E-state index is -4.58. The first-order valence-corrected chi connectivity index (χ1v) is 20.0. The first-order valence-electron chi connectivity index (χ1n) is 16.9. The Balaban J connectivity index is 0.000000215. The van der Waals surface area contributed by atoms with E-state index in [0.717, 1.165) is 53.1 Å². The number of carbonyl (C=O) groups excluding carboxylic acids is 1. The van der Waals surface area contributed by atoms with Crippen LogP contribution >= 0.6 is 34.5 Å². The number of carboxylic acids is 3. The Morgan fingerprint density at radius 1 is 0.922 bits per heavy atom. The van der Waals surface area contributed by atoms with Crippen LogP contribution in [0, 0.1) is 17.0 Å². The van der Waals surface area contributed by atoms with Gasteiger partial charge in [-0.1, -0.05) is 23.2 Å². The lowest BCUT2D eigenvalue weighted by Gasteiger charge is -2.11. The molecule has 0 saturated carbocycles. The third kappa shape index (κ3) is 13.3. The molecule has 0 aliphatic heterocycles. The van der Waals surface area contributed by atoms with Gasteiger partial charge in [0.05, 0.1) is 27.6 Å². The monoisotopic (exact) mass is 971 g/mol. The molecule has 3 aromatic heterocycles. The van der Waals surface area contributed by atoms with Gasteiger partial charge in [0.1, 0.15) is 43.9 Å². The SMILES string of the molecule is COc1nc(C)nc(NC(=O)NS(=O)(=O)c2ccsc2C(=O)O)n1.O=C(O)COc1ccc(Cl)c2cccnc12.O=C(O)c1cc(Oc2ccc(C(F)(F)F)cc2Cl)ccc1[N+](=O)[O-]. The van der Waals surface area contributed by atoms with E-state index in [1.165, 1.54) is 19.4 Å². The second-order valence-corrected chi connectivity index (χ2v) is 15.2. The summed E-state index contributed by atoms with van der Waals surface area (Å²) in [5.74, 6) is -3.84. The zero-order chi connectivity index (χ0) is 47.5. The number of hydrogen-bond acceptors (Lipinski definition) is 16. The number of nitrogens with one attached hydrogen (secondary N) is 2. The third-order valence-electron chi connectivity index (χ3n) is 7.39. The van der Waals surface area contributed by atoms with Crippen molar-refractivity contribution in [2.75, 3.05) is 19.0 Å². The maximum absolute atomic E-state index is 12.6. The number of fused-ring (bicyclic) bond motifs is 1. The highest BCUT2D eigenvalue weighted by Gasteiger charge is 2.31. The maximum Gasteiger partial charge on any atom is 0.416 e. The molecule has 0 atom stereocenters. The Labute approximate surface area is 370 Å². The number of aliphatic carboxylic acids is 1. The number of hydrogen-bond donors (Lipinski definition) is 5. The minimum Gasteiger partial charge on any atom is -0.480 e. The Bertz CT molecular complexity index is 2870. The number of methoxy groups -OCH3 is 1. The normalized spacial score (nSPS) is 10.9. The molecule has 0 spiro atoms. The lowest BCUT2D eigenvalue weighted by Crippen LogP contribution is -2.35. The molecule has 0 radical (unpaired) electrons. The number of alkyl halides is 3. The summed E-state index contributed by atoms with van der Waals surface area (Å²) in [5.41, 5.74) is -1.68. The summed E-state index contributed by atoms with van der Waals surface area (Å²) in [6.07, 6.45) is -2.97. The molecule has 0 fully saturated rings. The van der Waals surface area contributed by atoms with Gasteiger partial charge in [0, 0.05) is 23.7 Å². The molecule has 0 saturated heterocycles. The van der Waals surface area contributed by atoms with Gasteiger partial charge in [0.25, 0.3) is 15.7 Å². The number of thiophene rings is 1. The van der Waals surface area contributed by atoms with Gasteiger partial charge in [0.2, 0.25) is 5.95 Å². The van der Waals surface area contributed by atoms with Crippen LogP contribution in [0.5, 0.6) is 23.3 Å². The molecule has 6 rings (SSSR count). The Hall–Kier alpha value is -7.42. The molecule has 5 N–H and O–H groups in total. The lowest BCUT2D eigenvalue weighted by molar-refractivity contribution is -0.385. The van der Waals surface area contributed by atoms with E-state index in [2.05, 4.69) is 25.3 Å². The molecule has 21 nitrogen and oxygen atoms in total. The number of nitro benzene ring substituents is 1. The Morgan fingerprint density at radius 3 is 2.23 bits per heavy atom. The number of nitrogens with zero attached hydrogens (tertiary/aromatic N) is 5. The van der Waals surface area contributed by atoms with E-state index < -0.39 is 78.3 Å². The van der Waals surface area contributed by atoms with Crippen molar-refractivity contribution in [2.24, 2.45) is 0 Å². The molecule has 0 aliphatic carbocycles. The average molecular weight is 973 g/mol. The van der Waals surface area contributed by atoms with Crippen LogP contribution in [-0.4, -0.2) is 86.3 Å². The van der Waals surface area contributed by atoms with Crippen molar-refractivity contribution in [3.63, 3.8) is 0 Å². The highest BCUT2D eigenvalue weighted by atomic mass is 35.5. The summed E-state index contributed by atoms with van der Waals surface area (Å²) >= 11 is 12.4. The van der Waals surface area contributed by atoms with Gasteiger partial charge in [0.15, 0.2) is 6.61 Å². The van der Waals surface area contributed by atoms with Gasteiger partial charge in [-0.25, -0.2) is 32.3 Å². The van der Waals surface area contributed by atoms with Crippen LogP contribution in [0.3, 0.4) is 0 Å². The summed E-state index contributed by atoms with van der Waals surface area (Å²) in [6, 6.07) is 12.0. The van der Waals surface area contributed by atoms with Gasteiger partial charge in [-0.3, -0.25) is 20.4 Å². The molecule has 2 amide bonds. The molecule has 28 heteroatoms. The van der Waals surface area contributed by atoms with E-state index in [-0.39, 0.29) is 34.3 Å². The number of pyridine rings is 1. The number of aromatic carboxylic acids is 2. The van der Waals surface area contributed by atoms with E-state index in [0.29, 0.717) is 22.4 Å². The number of rotatable bonds is 12. The van der Waals surface area contributed by atoms with Crippen molar-refractivity contribution in [1.82, 2.24) is 24.7 Å². The fraction of sp³-hybridized carbons (Fsp3) is 0.111. The van der Waals surface area contributed by atoms with Gasteiger partial charge >= 0.3 is 36.1 Å². The van der Waals surface area contributed by atoms with Crippen molar-refractivity contribution in [3.05, 3.63) is 120 Å². The second kappa shape index (κ2) is 21.1. The molecule has 3 heterocycles. The van der Waals surface area contributed by atoms with Gasteiger partial charge in [-0.15, -0.1) is 11.3 Å². The molecule has 64 heavy (non-hydrogen) atoms. The first kappa shape index (κ1) is 49.2. The molecular formula is C36H26Cl2F3N7O14S2. The second-order valence-electron chi connectivity index (χ2n) is 11.8. The number of halogens is 5. The van der Waals surface area contributed by atoms with Crippen molar-refractivity contribution in [1.29, 1.82) is 0 Å². The summed E-state index contributed by atoms with van der Waals surface area (Å²) in [6.45, 7) is 1.13. The van der Waals surface area contributed by atoms with Crippen LogP contribution in [0.1, 0.15) is 31.4 Å². The fourth-order valence-corrected chi connectivity index (χ4v) is 7.34. The molecule has 3 aromatic carbocycles. The van der Waals surface area contributed by atoms with Crippen molar-refractivity contribution in [3.8, 4) is 23.3 Å². The summed E-state index contributed by atoms with van der Waals surface area (Å²) in [4.78, 5) is 68.7. The highest BCUT2D eigenvalue weighted by Crippen LogP contribution is 2.37.